The number of hydrogen-bond acceptors (Lipinski definition) is 5. The summed E-state index contributed by atoms with van der Waals surface area (Å²) in [4.78, 5) is 22.1. The maximum absolute atomic E-state index is 11.9. The van der Waals surface area contributed by atoms with Gasteiger partial charge >= 0.3 is 0 Å². The van der Waals surface area contributed by atoms with Crippen LogP contribution in [0.4, 0.5) is 11.4 Å². The Balaban J connectivity index is 1.77. The van der Waals surface area contributed by atoms with E-state index in [0.717, 1.165) is 0 Å². The number of anilines is 1. The number of methoxy groups -OCH3 is 1. The van der Waals surface area contributed by atoms with Crippen LogP contribution >= 0.6 is 0 Å². The number of nitro benzene ring substituents is 1. The molecule has 2 rings (SSSR count). The molecule has 1 amide bonds. The molecule has 0 saturated carbocycles. The molecule has 0 atom stereocenters. The second-order valence-corrected chi connectivity index (χ2v) is 4.96. The summed E-state index contributed by atoms with van der Waals surface area (Å²) >= 11 is 0. The van der Waals surface area contributed by atoms with Crippen molar-refractivity contribution in [3.8, 4) is 11.5 Å². The number of amides is 1. The molecule has 0 saturated heterocycles. The molecule has 0 aliphatic carbocycles. The molecule has 24 heavy (non-hydrogen) atoms. The van der Waals surface area contributed by atoms with Crippen molar-refractivity contribution < 1.29 is 19.2 Å². The first-order valence-electron chi connectivity index (χ1n) is 7.40. The number of nitro groups is 1. The molecule has 0 unspecified atom stereocenters. The number of hydrogen-bond donors (Lipinski definition) is 1. The summed E-state index contributed by atoms with van der Waals surface area (Å²) in [5.74, 6) is 1.04. The molecule has 0 aliphatic heterocycles. The Hall–Kier alpha value is -3.09. The van der Waals surface area contributed by atoms with E-state index in [1.54, 1.807) is 25.3 Å². The number of nitrogens with one attached hydrogen (secondary N) is 1. The third-order valence-corrected chi connectivity index (χ3v) is 3.22. The number of carbonyl (C=O) groups excluding carboxylic acids is 1. The van der Waals surface area contributed by atoms with Gasteiger partial charge < -0.3 is 14.8 Å². The van der Waals surface area contributed by atoms with Crippen LogP contribution in [0.2, 0.25) is 0 Å². The van der Waals surface area contributed by atoms with Gasteiger partial charge in [-0.15, -0.1) is 0 Å². The molecule has 7 heteroatoms. The molecule has 0 heterocycles. The van der Waals surface area contributed by atoms with Gasteiger partial charge in [-0.05, 0) is 24.6 Å². The largest absolute Gasteiger partial charge is 0.493 e. The molecule has 0 aromatic heterocycles. The van der Waals surface area contributed by atoms with Crippen molar-refractivity contribution in [2.75, 3.05) is 19.0 Å². The van der Waals surface area contributed by atoms with Crippen LogP contribution in [0.3, 0.4) is 0 Å². The SMILES string of the molecule is COc1ccccc1OCCCC(=O)Nc1cccc([N+](=O)[O-])c1. The summed E-state index contributed by atoms with van der Waals surface area (Å²) in [6, 6.07) is 13.1. The highest BCUT2D eigenvalue weighted by Gasteiger charge is 2.08. The van der Waals surface area contributed by atoms with E-state index in [-0.39, 0.29) is 18.0 Å². The fourth-order valence-corrected chi connectivity index (χ4v) is 2.07. The van der Waals surface area contributed by atoms with Crippen LogP contribution in [0.15, 0.2) is 48.5 Å². The third kappa shape index (κ3) is 4.98. The van der Waals surface area contributed by atoms with Gasteiger partial charge in [0.2, 0.25) is 5.91 Å². The topological polar surface area (TPSA) is 90.7 Å². The van der Waals surface area contributed by atoms with E-state index in [0.29, 0.717) is 30.2 Å². The van der Waals surface area contributed by atoms with E-state index in [4.69, 9.17) is 9.47 Å². The van der Waals surface area contributed by atoms with Crippen molar-refractivity contribution in [2.45, 2.75) is 12.8 Å². The number of rotatable bonds is 8. The third-order valence-electron chi connectivity index (χ3n) is 3.22. The van der Waals surface area contributed by atoms with Crippen LogP contribution in [0.1, 0.15) is 12.8 Å². The number of carbonyl (C=O) groups is 1. The van der Waals surface area contributed by atoms with Gasteiger partial charge in [0.15, 0.2) is 11.5 Å². The number of non-ortho nitro benzene ring substituents is 1. The average Bonchev–Trinajstić information content (AvgIpc) is 2.59. The van der Waals surface area contributed by atoms with E-state index in [2.05, 4.69) is 5.32 Å². The minimum atomic E-state index is -0.503. The second kappa shape index (κ2) is 8.52. The predicted octanol–water partition coefficient (Wildman–Crippen LogP) is 3.40. The lowest BCUT2D eigenvalue weighted by molar-refractivity contribution is -0.384. The summed E-state index contributed by atoms with van der Waals surface area (Å²) in [5.41, 5.74) is 0.340. The van der Waals surface area contributed by atoms with Crippen molar-refractivity contribution in [3.05, 3.63) is 58.6 Å². The average molecular weight is 330 g/mol. The van der Waals surface area contributed by atoms with Crippen molar-refractivity contribution in [1.29, 1.82) is 0 Å². The van der Waals surface area contributed by atoms with Gasteiger partial charge in [-0.2, -0.15) is 0 Å². The molecule has 1 N–H and O–H groups in total. The van der Waals surface area contributed by atoms with Crippen LogP contribution < -0.4 is 14.8 Å². The van der Waals surface area contributed by atoms with Crippen molar-refractivity contribution in [2.24, 2.45) is 0 Å². The number of para-hydroxylation sites is 2. The zero-order valence-electron chi connectivity index (χ0n) is 13.2. The van der Waals surface area contributed by atoms with E-state index in [1.807, 2.05) is 12.1 Å². The lowest BCUT2D eigenvalue weighted by Gasteiger charge is -2.10. The summed E-state index contributed by atoms with van der Waals surface area (Å²) in [6.07, 6.45) is 0.761. The molecular formula is C17H18N2O5. The molecule has 0 radical (unpaired) electrons. The van der Waals surface area contributed by atoms with Crippen LogP contribution in [0.5, 0.6) is 11.5 Å². The molecule has 2 aromatic carbocycles. The summed E-state index contributed by atoms with van der Waals surface area (Å²) in [5, 5.41) is 13.3. The number of nitrogens with zero attached hydrogens (tertiary/aromatic N) is 1. The van der Waals surface area contributed by atoms with Gasteiger partial charge in [0.05, 0.1) is 18.6 Å². The van der Waals surface area contributed by atoms with Crippen molar-refractivity contribution in [3.63, 3.8) is 0 Å². The van der Waals surface area contributed by atoms with Gasteiger partial charge in [0.25, 0.3) is 5.69 Å². The normalized spacial score (nSPS) is 10.0. The van der Waals surface area contributed by atoms with Crippen molar-refractivity contribution in [1.82, 2.24) is 0 Å². The molecule has 2 aromatic rings. The van der Waals surface area contributed by atoms with Gasteiger partial charge in [-0.25, -0.2) is 0 Å². The van der Waals surface area contributed by atoms with E-state index < -0.39 is 4.92 Å². The Kier molecular flexibility index (Phi) is 6.13. The fourth-order valence-electron chi connectivity index (χ4n) is 2.07. The molecule has 0 bridgehead atoms. The monoisotopic (exact) mass is 330 g/mol. The second-order valence-electron chi connectivity index (χ2n) is 4.96. The van der Waals surface area contributed by atoms with Crippen LogP contribution in [-0.2, 0) is 4.79 Å². The lowest BCUT2D eigenvalue weighted by atomic mass is 10.2. The fraction of sp³-hybridized carbons (Fsp3) is 0.235. The smallest absolute Gasteiger partial charge is 0.271 e. The van der Waals surface area contributed by atoms with Gasteiger partial charge in [-0.1, -0.05) is 18.2 Å². The first kappa shape index (κ1) is 17.3. The molecule has 0 spiro atoms. The Morgan fingerprint density at radius 2 is 1.92 bits per heavy atom. The molecule has 7 nitrogen and oxygen atoms in total. The van der Waals surface area contributed by atoms with E-state index in [9.17, 15) is 14.9 Å². The summed E-state index contributed by atoms with van der Waals surface area (Å²) in [7, 11) is 1.56. The lowest BCUT2D eigenvalue weighted by Crippen LogP contribution is -2.13. The summed E-state index contributed by atoms with van der Waals surface area (Å²) in [6.45, 7) is 0.364. The van der Waals surface area contributed by atoms with E-state index in [1.165, 1.54) is 18.2 Å². The predicted molar refractivity (Wildman–Crippen MR) is 89.4 cm³/mol. The highest BCUT2D eigenvalue weighted by Crippen LogP contribution is 2.25. The molecule has 0 aliphatic rings. The van der Waals surface area contributed by atoms with Crippen LogP contribution in [0.25, 0.3) is 0 Å². The molecule has 0 fully saturated rings. The minimum Gasteiger partial charge on any atom is -0.493 e. The van der Waals surface area contributed by atoms with Gasteiger partial charge in [0.1, 0.15) is 0 Å². The Morgan fingerprint density at radius 1 is 1.17 bits per heavy atom. The Labute approximate surface area is 139 Å². The first-order valence-corrected chi connectivity index (χ1v) is 7.40. The maximum Gasteiger partial charge on any atom is 0.271 e. The summed E-state index contributed by atoms with van der Waals surface area (Å²) < 4.78 is 10.8. The highest BCUT2D eigenvalue weighted by atomic mass is 16.6. The van der Waals surface area contributed by atoms with E-state index >= 15 is 0 Å². The van der Waals surface area contributed by atoms with Crippen LogP contribution in [0, 0.1) is 10.1 Å². The standard InChI is InChI=1S/C17H18N2O5/c1-23-15-8-2-3-9-16(15)24-11-5-10-17(20)18-13-6-4-7-14(12-13)19(21)22/h2-4,6-9,12H,5,10-11H2,1H3,(H,18,20). The number of benzene rings is 2. The van der Waals surface area contributed by atoms with Gasteiger partial charge in [0, 0.05) is 24.2 Å². The first-order chi connectivity index (χ1) is 11.6. The quantitative estimate of drug-likeness (QED) is 0.455. The van der Waals surface area contributed by atoms with Gasteiger partial charge in [-0.3, -0.25) is 14.9 Å². The molecule has 126 valence electrons. The number of ether oxygens (including phenoxy) is 2. The maximum atomic E-state index is 11.9. The van der Waals surface area contributed by atoms with Crippen molar-refractivity contribution >= 4 is 17.3 Å². The Bertz CT molecular complexity index is 718. The molecular weight excluding hydrogens is 312 g/mol. The van der Waals surface area contributed by atoms with Crippen LogP contribution in [-0.4, -0.2) is 24.5 Å². The zero-order chi connectivity index (χ0) is 17.4. The minimum absolute atomic E-state index is 0.0627. The highest BCUT2D eigenvalue weighted by molar-refractivity contribution is 5.90. The zero-order valence-corrected chi connectivity index (χ0v) is 13.2. The Morgan fingerprint density at radius 3 is 2.62 bits per heavy atom.